The Labute approximate surface area is 153 Å². The van der Waals surface area contributed by atoms with Gasteiger partial charge in [-0.3, -0.25) is 14.3 Å². The lowest BCUT2D eigenvalue weighted by molar-refractivity contribution is -0.672. The Balaban J connectivity index is 1.83. The molecule has 1 N–H and O–H groups in total. The van der Waals surface area contributed by atoms with E-state index in [2.05, 4.69) is 10.3 Å². The van der Waals surface area contributed by atoms with Crippen molar-refractivity contribution in [1.82, 2.24) is 5.27 Å². The summed E-state index contributed by atoms with van der Waals surface area (Å²) >= 11 is 0. The van der Waals surface area contributed by atoms with E-state index in [1.54, 1.807) is 24.3 Å². The Morgan fingerprint density at radius 3 is 2.81 bits per heavy atom. The maximum Gasteiger partial charge on any atom is 0.439 e. The van der Waals surface area contributed by atoms with Crippen molar-refractivity contribution in [3.05, 3.63) is 81.3 Å². The number of hydrogen-bond acceptors (Lipinski definition) is 5. The number of aryl methyl sites for hydroxylation is 2. The molecular formula is C20H15N3O4. The van der Waals surface area contributed by atoms with Crippen LogP contribution >= 0.6 is 0 Å². The van der Waals surface area contributed by atoms with Crippen LogP contribution < -0.4 is 15.4 Å². The Morgan fingerprint density at radius 1 is 1.22 bits per heavy atom. The molecule has 0 amide bonds. The Morgan fingerprint density at radius 2 is 2.00 bits per heavy atom. The fourth-order valence-electron chi connectivity index (χ4n) is 3.04. The molecule has 7 heteroatoms. The fraction of sp³-hybridized carbons (Fsp3) is 0.100. The first-order valence-corrected chi connectivity index (χ1v) is 8.28. The molecule has 3 aromatic rings. The smallest absolute Gasteiger partial charge is 0.439 e. The van der Waals surface area contributed by atoms with Crippen LogP contribution in [-0.2, 0) is 0 Å². The van der Waals surface area contributed by atoms with Crippen LogP contribution in [-0.4, -0.2) is 17.0 Å². The normalized spacial score (nSPS) is 14.3. The molecule has 1 aromatic heterocycles. The monoisotopic (exact) mass is 361 g/mol. The van der Waals surface area contributed by atoms with Gasteiger partial charge in [-0.05, 0) is 46.9 Å². The Hall–Kier alpha value is -3.74. The molecule has 0 spiro atoms. The molecule has 7 nitrogen and oxygen atoms in total. The van der Waals surface area contributed by atoms with Crippen LogP contribution in [0.3, 0.4) is 0 Å². The summed E-state index contributed by atoms with van der Waals surface area (Å²) in [5.74, 6) is -1.15. The summed E-state index contributed by atoms with van der Waals surface area (Å²) in [6.45, 7) is 3.76. The number of H-pyrrole nitrogens is 1. The van der Waals surface area contributed by atoms with Gasteiger partial charge in [0.15, 0.2) is 0 Å². The SMILES string of the molecule is Cc1ccc(C)c(-[n+]2[nH]oc(=O)c2C(=O)/C=C2/C([O-])=Nc3ccccc32)c1. The lowest BCUT2D eigenvalue weighted by Gasteiger charge is -2.06. The van der Waals surface area contributed by atoms with Crippen LogP contribution in [0, 0.1) is 13.8 Å². The highest BCUT2D eigenvalue weighted by Gasteiger charge is 2.31. The number of aromatic nitrogens is 2. The van der Waals surface area contributed by atoms with Gasteiger partial charge in [0.1, 0.15) is 0 Å². The molecule has 0 saturated carbocycles. The van der Waals surface area contributed by atoms with Gasteiger partial charge < -0.3 is 5.11 Å². The van der Waals surface area contributed by atoms with Crippen LogP contribution in [0.4, 0.5) is 5.69 Å². The van der Waals surface area contributed by atoms with E-state index in [1.807, 2.05) is 32.0 Å². The van der Waals surface area contributed by atoms with Gasteiger partial charge in [-0.25, -0.2) is 4.79 Å². The first-order chi connectivity index (χ1) is 13.0. The van der Waals surface area contributed by atoms with Crippen LogP contribution in [0.15, 0.2) is 62.9 Å². The van der Waals surface area contributed by atoms with E-state index in [0.29, 0.717) is 16.9 Å². The molecule has 2 heterocycles. The third-order valence-electron chi connectivity index (χ3n) is 4.41. The molecule has 0 unspecified atom stereocenters. The molecule has 0 aliphatic carbocycles. The maximum atomic E-state index is 12.9. The van der Waals surface area contributed by atoms with E-state index in [4.69, 9.17) is 4.52 Å². The topological polar surface area (TPSA) is 102 Å². The molecule has 0 fully saturated rings. The standard InChI is InChI=1S/C20H15N3O4/c1-11-7-8-12(2)16(9-11)23-18(20(26)27-22-23)17(24)10-14-13-5-3-4-6-15(13)21-19(14)25/h3-10H,1-2H3,(H-,21,22,24,25,26). The number of aromatic amines is 1. The van der Waals surface area contributed by atoms with E-state index in [0.717, 1.165) is 17.2 Å². The summed E-state index contributed by atoms with van der Waals surface area (Å²) in [5, 5.41) is 14.6. The number of aliphatic imine (C=N–C) groups is 1. The minimum Gasteiger partial charge on any atom is -0.858 e. The second-order valence-electron chi connectivity index (χ2n) is 6.31. The molecule has 134 valence electrons. The number of fused-ring (bicyclic) bond motifs is 1. The number of para-hydroxylation sites is 1. The second kappa shape index (κ2) is 6.21. The average molecular weight is 361 g/mol. The van der Waals surface area contributed by atoms with Crippen molar-refractivity contribution in [2.45, 2.75) is 13.8 Å². The summed E-state index contributed by atoms with van der Waals surface area (Å²) in [7, 11) is 0. The predicted molar refractivity (Wildman–Crippen MR) is 96.2 cm³/mol. The van der Waals surface area contributed by atoms with Gasteiger partial charge in [-0.1, -0.05) is 30.3 Å². The van der Waals surface area contributed by atoms with Gasteiger partial charge in [0, 0.05) is 23.3 Å². The molecule has 2 aromatic carbocycles. The zero-order valence-electron chi connectivity index (χ0n) is 14.6. The molecule has 0 saturated heterocycles. The van der Waals surface area contributed by atoms with Crippen LogP contribution in [0.1, 0.15) is 27.2 Å². The van der Waals surface area contributed by atoms with E-state index >= 15 is 0 Å². The zero-order chi connectivity index (χ0) is 19.1. The number of benzene rings is 2. The van der Waals surface area contributed by atoms with Crippen molar-refractivity contribution in [1.29, 1.82) is 0 Å². The third kappa shape index (κ3) is 2.79. The first-order valence-electron chi connectivity index (χ1n) is 8.28. The summed E-state index contributed by atoms with van der Waals surface area (Å²) in [5.41, 5.74) is 2.62. The van der Waals surface area contributed by atoms with Crippen molar-refractivity contribution in [2.24, 2.45) is 4.99 Å². The lowest BCUT2D eigenvalue weighted by atomic mass is 10.0. The van der Waals surface area contributed by atoms with Crippen LogP contribution in [0.5, 0.6) is 0 Å². The van der Waals surface area contributed by atoms with Gasteiger partial charge in [0.05, 0.1) is 5.69 Å². The van der Waals surface area contributed by atoms with E-state index in [1.165, 1.54) is 4.68 Å². The quantitative estimate of drug-likeness (QED) is 0.434. The van der Waals surface area contributed by atoms with Crippen molar-refractivity contribution in [2.75, 3.05) is 0 Å². The third-order valence-corrected chi connectivity index (χ3v) is 4.41. The molecular weight excluding hydrogens is 346 g/mol. The van der Waals surface area contributed by atoms with Crippen molar-refractivity contribution in [3.63, 3.8) is 0 Å². The summed E-state index contributed by atoms with van der Waals surface area (Å²) in [6, 6.07) is 12.6. The number of ketones is 1. The molecule has 0 bridgehead atoms. The Bertz CT molecular complexity index is 1200. The zero-order valence-corrected chi connectivity index (χ0v) is 14.6. The van der Waals surface area contributed by atoms with Gasteiger partial charge >= 0.3 is 11.3 Å². The minimum absolute atomic E-state index is 0.156. The van der Waals surface area contributed by atoms with Gasteiger partial charge in [0.25, 0.3) is 5.78 Å². The molecule has 0 radical (unpaired) electrons. The first kappa shape index (κ1) is 16.7. The van der Waals surface area contributed by atoms with Crippen molar-refractivity contribution >= 4 is 22.9 Å². The van der Waals surface area contributed by atoms with Gasteiger partial charge in [-0.2, -0.15) is 0 Å². The summed E-state index contributed by atoms with van der Waals surface area (Å²) in [4.78, 5) is 29.0. The fourth-order valence-corrected chi connectivity index (χ4v) is 3.04. The number of carbonyl (C=O) groups excluding carboxylic acids is 1. The maximum absolute atomic E-state index is 12.9. The van der Waals surface area contributed by atoms with E-state index < -0.39 is 17.3 Å². The van der Waals surface area contributed by atoms with Crippen molar-refractivity contribution < 1.29 is 19.1 Å². The number of nitrogens with zero attached hydrogens (tertiary/aromatic N) is 2. The molecule has 1 aliphatic rings. The summed E-state index contributed by atoms with van der Waals surface area (Å²) in [6.07, 6.45) is 1.14. The number of allylic oxidation sites excluding steroid dienone is 1. The average Bonchev–Trinajstić information content (AvgIpc) is 3.17. The van der Waals surface area contributed by atoms with Gasteiger partial charge in [0.2, 0.25) is 5.69 Å². The lowest BCUT2D eigenvalue weighted by Crippen LogP contribution is -2.41. The second-order valence-corrected chi connectivity index (χ2v) is 6.31. The molecule has 27 heavy (non-hydrogen) atoms. The highest BCUT2D eigenvalue weighted by molar-refractivity contribution is 6.28. The minimum atomic E-state index is -0.812. The predicted octanol–water partition coefficient (Wildman–Crippen LogP) is 1.53. The van der Waals surface area contributed by atoms with Crippen LogP contribution in [0.2, 0.25) is 0 Å². The highest BCUT2D eigenvalue weighted by Crippen LogP contribution is 2.32. The summed E-state index contributed by atoms with van der Waals surface area (Å²) < 4.78 is 6.15. The van der Waals surface area contributed by atoms with Gasteiger partial charge in [-0.15, -0.1) is 0 Å². The number of hydrogen-bond donors (Lipinski definition) is 1. The van der Waals surface area contributed by atoms with E-state index in [-0.39, 0.29) is 11.3 Å². The number of rotatable bonds is 3. The largest absolute Gasteiger partial charge is 0.858 e. The molecule has 0 atom stereocenters. The molecule has 1 aliphatic heterocycles. The number of carbonyl (C=O) groups is 1. The van der Waals surface area contributed by atoms with Crippen molar-refractivity contribution in [3.8, 4) is 5.69 Å². The number of nitrogens with one attached hydrogen (secondary N) is 1. The highest BCUT2D eigenvalue weighted by atomic mass is 16.5. The van der Waals surface area contributed by atoms with Crippen LogP contribution in [0.25, 0.3) is 11.3 Å². The molecule has 4 rings (SSSR count). The van der Waals surface area contributed by atoms with E-state index in [9.17, 15) is 14.7 Å². The Kier molecular flexibility index (Phi) is 3.84.